The fourth-order valence-corrected chi connectivity index (χ4v) is 5.40. The van der Waals surface area contributed by atoms with Gasteiger partial charge in [0.25, 0.3) is 0 Å². The second-order valence-electron chi connectivity index (χ2n) is 9.77. The average molecular weight is 486 g/mol. The van der Waals surface area contributed by atoms with Crippen LogP contribution in [0.15, 0.2) is 47.1 Å². The van der Waals surface area contributed by atoms with Gasteiger partial charge in [-0.3, -0.25) is 4.98 Å². The minimum absolute atomic E-state index is 0.341. The van der Waals surface area contributed by atoms with E-state index in [-0.39, 0.29) is 0 Å². The van der Waals surface area contributed by atoms with Crippen LogP contribution >= 0.6 is 0 Å². The van der Waals surface area contributed by atoms with Gasteiger partial charge in [-0.05, 0) is 79.5 Å². The van der Waals surface area contributed by atoms with Gasteiger partial charge in [0.05, 0.1) is 17.4 Å². The number of aliphatic hydroxyl groups excluding tert-OH is 1. The van der Waals surface area contributed by atoms with Gasteiger partial charge in [0, 0.05) is 24.2 Å². The molecule has 0 unspecified atom stereocenters. The van der Waals surface area contributed by atoms with Crippen LogP contribution in [-0.4, -0.2) is 27.8 Å². The molecular weight excluding hydrogens is 450 g/mol. The summed E-state index contributed by atoms with van der Waals surface area (Å²) >= 11 is 0. The van der Waals surface area contributed by atoms with Crippen LogP contribution in [0.3, 0.4) is 0 Å². The molecule has 0 fully saturated rings. The van der Waals surface area contributed by atoms with Crippen molar-refractivity contribution in [2.75, 3.05) is 6.54 Å². The topological polar surface area (TPSA) is 80.4 Å². The summed E-state index contributed by atoms with van der Waals surface area (Å²) in [5, 5.41) is 19.7. The maximum atomic E-state index is 11.2. The molecule has 0 spiro atoms. The van der Waals surface area contributed by atoms with E-state index < -0.39 is 6.10 Å². The highest BCUT2D eigenvalue weighted by Gasteiger charge is 2.24. The number of benzene rings is 2. The highest BCUT2D eigenvalue weighted by atomic mass is 16.5. The van der Waals surface area contributed by atoms with Crippen molar-refractivity contribution in [3.8, 4) is 5.75 Å². The van der Waals surface area contributed by atoms with Crippen LogP contribution in [0.1, 0.15) is 64.8 Å². The van der Waals surface area contributed by atoms with Crippen molar-refractivity contribution in [1.82, 2.24) is 15.5 Å². The Morgan fingerprint density at radius 3 is 2.44 bits per heavy atom. The smallest absolute Gasteiger partial charge is 0.146 e. The van der Waals surface area contributed by atoms with E-state index in [4.69, 9.17) is 9.26 Å². The molecule has 1 aliphatic rings. The predicted octanol–water partition coefficient (Wildman–Crippen LogP) is 5.33. The molecule has 0 saturated carbocycles. The second kappa shape index (κ2) is 10.4. The van der Waals surface area contributed by atoms with Crippen molar-refractivity contribution in [2.45, 2.75) is 72.1 Å². The first-order valence-corrected chi connectivity index (χ1v) is 13.0. The van der Waals surface area contributed by atoms with Crippen LogP contribution in [-0.2, 0) is 32.3 Å². The lowest BCUT2D eigenvalue weighted by Crippen LogP contribution is -2.33. The summed E-state index contributed by atoms with van der Waals surface area (Å²) in [6.45, 7) is 9.10. The van der Waals surface area contributed by atoms with E-state index in [9.17, 15) is 5.11 Å². The molecule has 2 heterocycles. The third kappa shape index (κ3) is 4.75. The number of aromatic nitrogens is 2. The maximum Gasteiger partial charge on any atom is 0.146 e. The molecule has 1 atom stereocenters. The molecule has 1 aliphatic carbocycles. The Labute approximate surface area is 212 Å². The van der Waals surface area contributed by atoms with Gasteiger partial charge in [-0.2, -0.15) is 0 Å². The molecule has 2 aromatic heterocycles. The van der Waals surface area contributed by atoms with Crippen LogP contribution < -0.4 is 10.1 Å². The van der Waals surface area contributed by atoms with Crippen molar-refractivity contribution < 1.29 is 14.4 Å². The lowest BCUT2D eigenvalue weighted by molar-refractivity contribution is 0.171. The zero-order valence-electron chi connectivity index (χ0n) is 21.6. The summed E-state index contributed by atoms with van der Waals surface area (Å²) in [5.41, 5.74) is 9.20. The zero-order chi connectivity index (χ0) is 25.2. The number of fused-ring (bicyclic) bond motifs is 2. The molecule has 6 nitrogen and oxygen atoms in total. The fourth-order valence-electron chi connectivity index (χ4n) is 5.40. The minimum atomic E-state index is -0.644. The number of pyridine rings is 1. The average Bonchev–Trinajstić information content (AvgIpc) is 3.45. The highest BCUT2D eigenvalue weighted by Crippen LogP contribution is 2.32. The quantitative estimate of drug-likeness (QED) is 0.333. The van der Waals surface area contributed by atoms with Gasteiger partial charge in [0.2, 0.25) is 0 Å². The third-order valence-corrected chi connectivity index (χ3v) is 7.49. The van der Waals surface area contributed by atoms with Crippen LogP contribution in [0.25, 0.3) is 10.9 Å². The third-order valence-electron chi connectivity index (χ3n) is 7.49. The van der Waals surface area contributed by atoms with Crippen molar-refractivity contribution in [3.05, 3.63) is 87.4 Å². The monoisotopic (exact) mass is 485 g/mol. The van der Waals surface area contributed by atoms with E-state index in [1.807, 2.05) is 38.1 Å². The first kappa shape index (κ1) is 24.5. The molecule has 6 heteroatoms. The van der Waals surface area contributed by atoms with Crippen LogP contribution in [0.4, 0.5) is 0 Å². The summed E-state index contributed by atoms with van der Waals surface area (Å²) in [7, 11) is 0. The Morgan fingerprint density at radius 2 is 1.81 bits per heavy atom. The lowest BCUT2D eigenvalue weighted by atomic mass is 9.97. The van der Waals surface area contributed by atoms with Crippen LogP contribution in [0.5, 0.6) is 5.75 Å². The van der Waals surface area contributed by atoms with Gasteiger partial charge < -0.3 is 19.7 Å². The molecule has 4 aromatic rings. The van der Waals surface area contributed by atoms with Crippen molar-refractivity contribution >= 4 is 10.9 Å². The Balaban J connectivity index is 1.28. The van der Waals surface area contributed by atoms with E-state index in [1.54, 1.807) is 6.20 Å². The van der Waals surface area contributed by atoms with Gasteiger partial charge in [-0.1, -0.05) is 43.3 Å². The standard InChI is InChI=1S/C30H35N3O3/c1-5-20-12-22-14-24(15-23(22)13-21(20)6-2)32-16-28(34)25-9-10-29(30-26(25)8-7-11-31-30)35-17-27-18(3)33-36-19(27)4/h7-13,24,28,32,34H,5-6,14-17H2,1-4H3/t28-/m1/s1. The van der Waals surface area contributed by atoms with Crippen molar-refractivity contribution in [2.24, 2.45) is 0 Å². The van der Waals surface area contributed by atoms with E-state index >= 15 is 0 Å². The van der Waals surface area contributed by atoms with Crippen LogP contribution in [0, 0.1) is 13.8 Å². The maximum absolute atomic E-state index is 11.2. The number of hydrogen-bond donors (Lipinski definition) is 2. The molecule has 36 heavy (non-hydrogen) atoms. The number of nitrogens with one attached hydrogen (secondary N) is 1. The highest BCUT2D eigenvalue weighted by molar-refractivity contribution is 5.87. The molecule has 2 aromatic carbocycles. The SMILES string of the molecule is CCc1cc2c(cc1CC)CC(NC[C@@H](O)c1ccc(OCc3c(C)noc3C)c3ncccc13)C2. The van der Waals surface area contributed by atoms with E-state index in [0.717, 1.165) is 59.2 Å². The number of nitrogens with zero attached hydrogens (tertiary/aromatic N) is 2. The first-order chi connectivity index (χ1) is 17.5. The summed E-state index contributed by atoms with van der Waals surface area (Å²) in [4.78, 5) is 4.57. The Morgan fingerprint density at radius 1 is 1.08 bits per heavy atom. The second-order valence-corrected chi connectivity index (χ2v) is 9.77. The summed E-state index contributed by atoms with van der Waals surface area (Å²) < 4.78 is 11.4. The van der Waals surface area contributed by atoms with Gasteiger partial charge in [0.1, 0.15) is 23.6 Å². The zero-order valence-corrected chi connectivity index (χ0v) is 21.6. The van der Waals surface area contributed by atoms with Crippen molar-refractivity contribution in [3.63, 3.8) is 0 Å². The number of aliphatic hydroxyl groups is 1. The number of ether oxygens (including phenoxy) is 1. The van der Waals surface area contributed by atoms with E-state index in [1.165, 1.54) is 22.3 Å². The first-order valence-electron chi connectivity index (χ1n) is 13.0. The summed E-state index contributed by atoms with van der Waals surface area (Å²) in [6.07, 6.45) is 5.28. The molecule has 5 rings (SSSR count). The number of rotatable bonds is 9. The normalized spacial score (nSPS) is 14.4. The van der Waals surface area contributed by atoms with Crippen molar-refractivity contribution in [1.29, 1.82) is 0 Å². The van der Waals surface area contributed by atoms with Gasteiger partial charge >= 0.3 is 0 Å². The Bertz CT molecular complexity index is 1330. The predicted molar refractivity (Wildman–Crippen MR) is 141 cm³/mol. The van der Waals surface area contributed by atoms with Gasteiger partial charge in [-0.15, -0.1) is 0 Å². The molecule has 0 saturated heterocycles. The number of hydrogen-bond acceptors (Lipinski definition) is 6. The fraction of sp³-hybridized carbons (Fsp3) is 0.400. The molecule has 2 N–H and O–H groups in total. The number of aryl methyl sites for hydroxylation is 4. The van der Waals surface area contributed by atoms with E-state index in [2.05, 4.69) is 41.4 Å². The Kier molecular flexibility index (Phi) is 7.08. The molecule has 0 aliphatic heterocycles. The van der Waals surface area contributed by atoms with Gasteiger partial charge in [-0.25, -0.2) is 0 Å². The van der Waals surface area contributed by atoms with E-state index in [0.29, 0.717) is 24.9 Å². The summed E-state index contributed by atoms with van der Waals surface area (Å²) in [6, 6.07) is 12.9. The van der Waals surface area contributed by atoms with Gasteiger partial charge in [0.15, 0.2) is 0 Å². The Hall–Kier alpha value is -3.22. The minimum Gasteiger partial charge on any atom is -0.486 e. The molecule has 0 amide bonds. The molecular formula is C30H35N3O3. The summed E-state index contributed by atoms with van der Waals surface area (Å²) in [5.74, 6) is 1.44. The molecule has 0 radical (unpaired) electrons. The largest absolute Gasteiger partial charge is 0.486 e. The van der Waals surface area contributed by atoms with Crippen LogP contribution in [0.2, 0.25) is 0 Å². The molecule has 188 valence electrons. The molecule has 0 bridgehead atoms. The lowest BCUT2D eigenvalue weighted by Gasteiger charge is -2.19.